The minimum Gasteiger partial charge on any atom is -0.311 e. The molecule has 3 N–H and O–H groups in total. The molecule has 0 aromatic carbocycles. The Bertz CT molecular complexity index is 1180. The molecule has 13 heteroatoms. The van der Waals surface area contributed by atoms with E-state index in [1.807, 2.05) is 5.10 Å². The number of aryl methyl sites for hydroxylation is 2. The second kappa shape index (κ2) is 7.14. The lowest BCUT2D eigenvalue weighted by molar-refractivity contribution is -0.141. The topological polar surface area (TPSA) is 121 Å². The summed E-state index contributed by atoms with van der Waals surface area (Å²) in [4.78, 5) is 18.5. The Balaban J connectivity index is 1.85. The summed E-state index contributed by atoms with van der Waals surface area (Å²) >= 11 is 1.01. The Labute approximate surface area is 160 Å². The highest BCUT2D eigenvalue weighted by molar-refractivity contribution is 7.89. The van der Waals surface area contributed by atoms with E-state index < -0.39 is 27.5 Å². The molecule has 0 spiro atoms. The molecule has 0 radical (unpaired) electrons. The van der Waals surface area contributed by atoms with Crippen molar-refractivity contribution in [2.45, 2.75) is 31.5 Å². The third kappa shape index (κ3) is 4.31. The predicted molar refractivity (Wildman–Crippen MR) is 95.3 cm³/mol. The summed E-state index contributed by atoms with van der Waals surface area (Å²) in [6.07, 6.45) is -4.58. The Morgan fingerprint density at radius 1 is 1.21 bits per heavy atom. The van der Waals surface area contributed by atoms with Gasteiger partial charge in [0.05, 0.1) is 22.0 Å². The van der Waals surface area contributed by atoms with Crippen molar-refractivity contribution in [2.75, 3.05) is 0 Å². The number of H-pyrrole nitrogens is 2. The number of aromatic amines is 2. The molecule has 0 unspecified atom stereocenters. The number of sulfonamides is 1. The van der Waals surface area contributed by atoms with Crippen LogP contribution in [0.5, 0.6) is 0 Å². The second-order valence-corrected chi connectivity index (χ2v) is 8.83. The molecule has 3 aromatic heterocycles. The van der Waals surface area contributed by atoms with Gasteiger partial charge in [0.1, 0.15) is 17.2 Å². The molecule has 0 saturated heterocycles. The van der Waals surface area contributed by atoms with Crippen LogP contribution in [0.4, 0.5) is 13.2 Å². The van der Waals surface area contributed by atoms with Crippen LogP contribution in [-0.2, 0) is 22.7 Å². The predicted octanol–water partition coefficient (Wildman–Crippen LogP) is 2.34. The zero-order valence-electron chi connectivity index (χ0n) is 14.5. The first kappa shape index (κ1) is 20.2. The van der Waals surface area contributed by atoms with Gasteiger partial charge in [-0.25, -0.2) is 18.1 Å². The van der Waals surface area contributed by atoms with E-state index in [1.165, 1.54) is 19.1 Å². The van der Waals surface area contributed by atoms with Crippen LogP contribution in [0.2, 0.25) is 0 Å². The third-order valence-electron chi connectivity index (χ3n) is 3.65. The number of aromatic nitrogens is 4. The first-order valence-electron chi connectivity index (χ1n) is 7.75. The molecule has 0 aliphatic rings. The van der Waals surface area contributed by atoms with E-state index in [1.54, 1.807) is 6.92 Å². The molecule has 0 fully saturated rings. The number of hydrogen-bond acceptors (Lipinski definition) is 6. The summed E-state index contributed by atoms with van der Waals surface area (Å²) < 4.78 is 65.6. The van der Waals surface area contributed by atoms with Crippen molar-refractivity contribution in [1.29, 1.82) is 0 Å². The molecule has 3 aromatic rings. The van der Waals surface area contributed by atoms with Crippen molar-refractivity contribution < 1.29 is 21.6 Å². The standard InChI is InChI=1S/C15H14F3N5O3S2/c1-7-12(5-11(27-7)10-4-13(23-22-10)15(16,17)18)28(25,26)19-6-9-3-14(24)21-8(2)20-9/h3-5,19H,6H2,1-2H3,(H,22,23)(H,20,21,24). The van der Waals surface area contributed by atoms with E-state index in [-0.39, 0.29) is 27.7 Å². The van der Waals surface area contributed by atoms with E-state index in [2.05, 4.69) is 19.8 Å². The van der Waals surface area contributed by atoms with Crippen molar-refractivity contribution in [1.82, 2.24) is 24.9 Å². The summed E-state index contributed by atoms with van der Waals surface area (Å²) in [6, 6.07) is 3.25. The van der Waals surface area contributed by atoms with Gasteiger partial charge >= 0.3 is 6.18 Å². The average Bonchev–Trinajstić information content (AvgIpc) is 3.18. The fraction of sp³-hybridized carbons (Fsp3) is 0.267. The zero-order chi connectivity index (χ0) is 20.7. The van der Waals surface area contributed by atoms with Crippen molar-refractivity contribution in [3.63, 3.8) is 0 Å². The Kier molecular flexibility index (Phi) is 5.16. The monoisotopic (exact) mass is 433 g/mol. The Morgan fingerprint density at radius 2 is 1.93 bits per heavy atom. The van der Waals surface area contributed by atoms with E-state index in [4.69, 9.17) is 0 Å². The fourth-order valence-corrected chi connectivity index (χ4v) is 4.98. The molecule has 0 atom stereocenters. The highest BCUT2D eigenvalue weighted by Crippen LogP contribution is 2.35. The van der Waals surface area contributed by atoms with E-state index in [0.717, 1.165) is 17.4 Å². The van der Waals surface area contributed by atoms with Crippen LogP contribution < -0.4 is 10.3 Å². The molecule has 3 heterocycles. The van der Waals surface area contributed by atoms with Crippen LogP contribution in [0.25, 0.3) is 10.6 Å². The van der Waals surface area contributed by atoms with Crippen molar-refractivity contribution in [3.8, 4) is 10.6 Å². The number of nitrogens with zero attached hydrogens (tertiary/aromatic N) is 2. The van der Waals surface area contributed by atoms with Gasteiger partial charge in [-0.1, -0.05) is 0 Å². The van der Waals surface area contributed by atoms with Crippen LogP contribution in [0.1, 0.15) is 22.1 Å². The van der Waals surface area contributed by atoms with Gasteiger partial charge in [0.15, 0.2) is 0 Å². The quantitative estimate of drug-likeness (QED) is 0.570. The molecule has 150 valence electrons. The lowest BCUT2D eigenvalue weighted by Gasteiger charge is -2.06. The molecule has 3 rings (SSSR count). The smallest absolute Gasteiger partial charge is 0.311 e. The van der Waals surface area contributed by atoms with Crippen LogP contribution in [0.15, 0.2) is 27.9 Å². The summed E-state index contributed by atoms with van der Waals surface area (Å²) in [6.45, 7) is 2.89. The molecule has 0 bridgehead atoms. The average molecular weight is 433 g/mol. The van der Waals surface area contributed by atoms with E-state index in [0.29, 0.717) is 10.7 Å². The van der Waals surface area contributed by atoms with Gasteiger partial charge in [-0.05, 0) is 26.0 Å². The van der Waals surface area contributed by atoms with Gasteiger partial charge in [-0.3, -0.25) is 9.89 Å². The summed E-state index contributed by atoms with van der Waals surface area (Å²) in [5, 5.41) is 5.50. The van der Waals surface area contributed by atoms with Crippen LogP contribution in [-0.4, -0.2) is 28.6 Å². The van der Waals surface area contributed by atoms with Gasteiger partial charge in [-0.2, -0.15) is 18.3 Å². The molecule has 0 aliphatic carbocycles. The number of nitrogens with one attached hydrogen (secondary N) is 3. The summed E-state index contributed by atoms with van der Waals surface area (Å²) in [7, 11) is -3.98. The van der Waals surface area contributed by atoms with Gasteiger partial charge in [0, 0.05) is 10.9 Å². The minimum absolute atomic E-state index is 0.00578. The number of halogens is 3. The lowest BCUT2D eigenvalue weighted by atomic mass is 10.3. The highest BCUT2D eigenvalue weighted by atomic mass is 32.2. The first-order chi connectivity index (χ1) is 13.0. The van der Waals surface area contributed by atoms with Crippen LogP contribution in [0, 0.1) is 13.8 Å². The van der Waals surface area contributed by atoms with Crippen molar-refractivity contribution in [3.05, 3.63) is 50.6 Å². The summed E-state index contributed by atoms with van der Waals surface area (Å²) in [5.74, 6) is 0.342. The number of rotatable bonds is 5. The van der Waals surface area contributed by atoms with Gasteiger partial charge < -0.3 is 4.98 Å². The molecular formula is C15H14F3N5O3S2. The highest BCUT2D eigenvalue weighted by Gasteiger charge is 2.33. The number of thiophene rings is 1. The molecule has 28 heavy (non-hydrogen) atoms. The largest absolute Gasteiger partial charge is 0.432 e. The van der Waals surface area contributed by atoms with Crippen molar-refractivity contribution >= 4 is 21.4 Å². The Hall–Kier alpha value is -2.51. The van der Waals surface area contributed by atoms with Crippen LogP contribution in [0.3, 0.4) is 0 Å². The molecule has 0 saturated carbocycles. The third-order valence-corrected chi connectivity index (χ3v) is 6.38. The van der Waals surface area contributed by atoms with Crippen molar-refractivity contribution in [2.24, 2.45) is 0 Å². The SMILES string of the molecule is Cc1nc(CNS(=O)(=O)c2cc(-c3cc(C(F)(F)F)[nH]n3)sc2C)cc(=O)[nH]1. The minimum atomic E-state index is -4.58. The summed E-state index contributed by atoms with van der Waals surface area (Å²) in [5.41, 5.74) is -1.20. The van der Waals surface area contributed by atoms with Crippen LogP contribution >= 0.6 is 11.3 Å². The normalized spacial score (nSPS) is 12.5. The van der Waals surface area contributed by atoms with Gasteiger partial charge in [0.25, 0.3) is 5.56 Å². The molecular weight excluding hydrogens is 419 g/mol. The maximum Gasteiger partial charge on any atom is 0.432 e. The first-order valence-corrected chi connectivity index (χ1v) is 10.1. The zero-order valence-corrected chi connectivity index (χ0v) is 16.1. The number of hydrogen-bond donors (Lipinski definition) is 3. The lowest BCUT2D eigenvalue weighted by Crippen LogP contribution is -2.25. The maximum absolute atomic E-state index is 12.7. The molecule has 8 nitrogen and oxygen atoms in total. The maximum atomic E-state index is 12.7. The molecule has 0 aliphatic heterocycles. The number of alkyl halides is 3. The second-order valence-electron chi connectivity index (χ2n) is 5.84. The Morgan fingerprint density at radius 3 is 2.54 bits per heavy atom. The molecule has 0 amide bonds. The van der Waals surface area contributed by atoms with Gasteiger partial charge in [0.2, 0.25) is 10.0 Å². The fourth-order valence-electron chi connectivity index (χ4n) is 2.43. The van der Waals surface area contributed by atoms with E-state index >= 15 is 0 Å². The van der Waals surface area contributed by atoms with Gasteiger partial charge in [-0.15, -0.1) is 11.3 Å². The van der Waals surface area contributed by atoms with E-state index in [9.17, 15) is 26.4 Å².